The Morgan fingerprint density at radius 1 is 1.11 bits per heavy atom. The molecular formula is C28H34N6O3. The first-order valence-corrected chi connectivity index (χ1v) is 12.6. The molecular weight excluding hydrogens is 468 g/mol. The van der Waals surface area contributed by atoms with E-state index in [4.69, 9.17) is 19.4 Å². The number of anilines is 2. The number of hydrogen-bond donors (Lipinski definition) is 1. The van der Waals surface area contributed by atoms with Crippen molar-refractivity contribution in [1.29, 1.82) is 0 Å². The van der Waals surface area contributed by atoms with E-state index in [1.807, 2.05) is 36.0 Å². The summed E-state index contributed by atoms with van der Waals surface area (Å²) >= 11 is 0. The van der Waals surface area contributed by atoms with Gasteiger partial charge in [-0.2, -0.15) is 0 Å². The van der Waals surface area contributed by atoms with Crippen LogP contribution in [0.15, 0.2) is 60.0 Å². The van der Waals surface area contributed by atoms with Gasteiger partial charge in [-0.15, -0.1) is 0 Å². The highest BCUT2D eigenvalue weighted by Crippen LogP contribution is 2.29. The monoisotopic (exact) mass is 502 g/mol. The molecule has 1 atom stereocenters. The third-order valence-electron chi connectivity index (χ3n) is 7.19. The van der Waals surface area contributed by atoms with Crippen molar-refractivity contribution in [1.82, 2.24) is 24.3 Å². The average Bonchev–Trinajstić information content (AvgIpc) is 3.29. The van der Waals surface area contributed by atoms with E-state index in [-0.39, 0.29) is 5.97 Å². The Labute approximate surface area is 217 Å². The molecule has 2 aromatic heterocycles. The number of rotatable bonds is 7. The third kappa shape index (κ3) is 5.38. The molecule has 1 saturated heterocycles. The summed E-state index contributed by atoms with van der Waals surface area (Å²) in [4.78, 5) is 26.7. The Hall–Kier alpha value is -3.69. The van der Waals surface area contributed by atoms with Crippen molar-refractivity contribution in [2.75, 3.05) is 52.8 Å². The number of fused-ring (bicyclic) bond motifs is 1. The van der Waals surface area contributed by atoms with Crippen LogP contribution in [0.2, 0.25) is 0 Å². The number of aromatic nitrogens is 3. The van der Waals surface area contributed by atoms with Crippen LogP contribution in [-0.4, -0.2) is 83.8 Å². The minimum absolute atomic E-state index is 0.351. The Morgan fingerprint density at radius 3 is 2.68 bits per heavy atom. The summed E-state index contributed by atoms with van der Waals surface area (Å²) in [5.41, 5.74) is 4.07. The summed E-state index contributed by atoms with van der Waals surface area (Å²) in [5, 5.41) is 3.39. The number of aryl methyl sites for hydroxylation is 1. The number of carbonyl (C=O) groups is 1. The minimum atomic E-state index is -0.381. The lowest BCUT2D eigenvalue weighted by molar-refractivity contribution is 0.0601. The first kappa shape index (κ1) is 25.0. The van der Waals surface area contributed by atoms with E-state index in [1.54, 1.807) is 19.2 Å². The van der Waals surface area contributed by atoms with Gasteiger partial charge in [-0.3, -0.25) is 4.90 Å². The number of benzene rings is 1. The summed E-state index contributed by atoms with van der Waals surface area (Å²) < 4.78 is 12.7. The molecule has 0 spiro atoms. The second-order valence-electron chi connectivity index (χ2n) is 9.65. The molecule has 1 aromatic carbocycles. The molecule has 5 rings (SSSR count). The van der Waals surface area contributed by atoms with Crippen LogP contribution >= 0.6 is 0 Å². The van der Waals surface area contributed by atoms with E-state index in [1.165, 1.54) is 7.11 Å². The maximum absolute atomic E-state index is 12.0. The van der Waals surface area contributed by atoms with Gasteiger partial charge in [0.15, 0.2) is 5.82 Å². The number of likely N-dealkylation sites (N-methyl/N-ethyl adjacent to an activating group) is 1. The van der Waals surface area contributed by atoms with Crippen molar-refractivity contribution in [3.05, 3.63) is 71.4 Å². The molecule has 0 saturated carbocycles. The molecule has 1 aliphatic heterocycles. The maximum atomic E-state index is 12.0. The zero-order valence-corrected chi connectivity index (χ0v) is 21.9. The molecule has 3 aromatic rings. The molecule has 194 valence electrons. The summed E-state index contributed by atoms with van der Waals surface area (Å²) in [7, 11) is 7.27. The van der Waals surface area contributed by atoms with Gasteiger partial charge in [0.2, 0.25) is 0 Å². The lowest BCUT2D eigenvalue weighted by Crippen LogP contribution is -2.49. The number of carbonyl (C=O) groups excluding carboxylic acids is 1. The second-order valence-corrected chi connectivity index (χ2v) is 9.65. The van der Waals surface area contributed by atoms with Crippen molar-refractivity contribution in [2.45, 2.75) is 18.9 Å². The molecule has 2 aliphatic rings. The SMILES string of the molecule is COC(=O)c1cccc(Nc2nc(CC3=C(OC)CC(N4CCN(C)CC4)C=C3)nc3ccn(C)c23)c1. The fourth-order valence-corrected chi connectivity index (χ4v) is 5.04. The van der Waals surface area contributed by atoms with Crippen LogP contribution in [0.3, 0.4) is 0 Å². The van der Waals surface area contributed by atoms with Crippen LogP contribution in [0.5, 0.6) is 0 Å². The minimum Gasteiger partial charge on any atom is -0.501 e. The van der Waals surface area contributed by atoms with E-state index in [9.17, 15) is 4.79 Å². The van der Waals surface area contributed by atoms with Gasteiger partial charge in [0.25, 0.3) is 0 Å². The van der Waals surface area contributed by atoms with Crippen LogP contribution < -0.4 is 5.32 Å². The van der Waals surface area contributed by atoms with Crippen molar-refractivity contribution < 1.29 is 14.3 Å². The number of piperazine rings is 1. The Morgan fingerprint density at radius 2 is 1.92 bits per heavy atom. The number of hydrogen-bond acceptors (Lipinski definition) is 8. The van der Waals surface area contributed by atoms with Crippen molar-refractivity contribution in [3.63, 3.8) is 0 Å². The van der Waals surface area contributed by atoms with E-state index in [2.05, 4.69) is 34.3 Å². The highest BCUT2D eigenvalue weighted by Gasteiger charge is 2.26. The van der Waals surface area contributed by atoms with Crippen molar-refractivity contribution in [3.8, 4) is 0 Å². The van der Waals surface area contributed by atoms with Gasteiger partial charge >= 0.3 is 5.97 Å². The zero-order valence-electron chi connectivity index (χ0n) is 21.9. The molecule has 3 heterocycles. The molecule has 0 radical (unpaired) electrons. The van der Waals surface area contributed by atoms with Gasteiger partial charge in [0.1, 0.15) is 17.1 Å². The summed E-state index contributed by atoms with van der Waals surface area (Å²) in [6, 6.07) is 9.54. The fraction of sp³-hybridized carbons (Fsp3) is 0.393. The van der Waals surface area contributed by atoms with Gasteiger partial charge in [-0.1, -0.05) is 18.2 Å². The quantitative estimate of drug-likeness (QED) is 0.492. The van der Waals surface area contributed by atoms with Crippen molar-refractivity contribution in [2.24, 2.45) is 7.05 Å². The number of nitrogens with zero attached hydrogens (tertiary/aromatic N) is 5. The highest BCUT2D eigenvalue weighted by atomic mass is 16.5. The van der Waals surface area contributed by atoms with E-state index >= 15 is 0 Å². The molecule has 1 aliphatic carbocycles. The number of allylic oxidation sites excluding steroid dienone is 2. The van der Waals surface area contributed by atoms with Crippen LogP contribution in [0.1, 0.15) is 22.6 Å². The number of nitrogens with one attached hydrogen (secondary N) is 1. The van der Waals surface area contributed by atoms with Crippen LogP contribution in [0, 0.1) is 0 Å². The first-order valence-electron chi connectivity index (χ1n) is 12.6. The molecule has 1 N–H and O–H groups in total. The molecule has 37 heavy (non-hydrogen) atoms. The molecule has 9 nitrogen and oxygen atoms in total. The molecule has 0 amide bonds. The first-order chi connectivity index (χ1) is 17.9. The Bertz CT molecular complexity index is 1350. The van der Waals surface area contributed by atoms with Crippen LogP contribution in [-0.2, 0) is 22.9 Å². The second kappa shape index (κ2) is 10.7. The fourth-order valence-electron chi connectivity index (χ4n) is 5.04. The van der Waals surface area contributed by atoms with E-state index < -0.39 is 0 Å². The van der Waals surface area contributed by atoms with Crippen LogP contribution in [0.4, 0.5) is 11.5 Å². The smallest absolute Gasteiger partial charge is 0.337 e. The van der Waals surface area contributed by atoms with Crippen LogP contribution in [0.25, 0.3) is 11.0 Å². The standard InChI is InChI=1S/C28H34N6O3/c1-32-12-14-34(15-13-32)22-9-8-19(24(18-22)36-3)17-25-30-23-10-11-33(2)26(23)27(31-25)29-21-7-5-6-20(16-21)28(35)37-4/h5-11,16,22H,12-15,17-18H2,1-4H3,(H,29,30,31). The van der Waals surface area contributed by atoms with E-state index in [0.717, 1.165) is 60.7 Å². The summed E-state index contributed by atoms with van der Waals surface area (Å²) in [6.45, 7) is 4.31. The largest absolute Gasteiger partial charge is 0.501 e. The van der Waals surface area contributed by atoms with E-state index in [0.29, 0.717) is 29.7 Å². The molecule has 9 heteroatoms. The maximum Gasteiger partial charge on any atom is 0.337 e. The van der Waals surface area contributed by atoms with Gasteiger partial charge in [-0.05, 0) is 36.9 Å². The Kier molecular flexibility index (Phi) is 7.25. The van der Waals surface area contributed by atoms with Gasteiger partial charge in [0, 0.05) is 64.0 Å². The summed E-state index contributed by atoms with van der Waals surface area (Å²) in [5.74, 6) is 2.00. The van der Waals surface area contributed by atoms with Gasteiger partial charge < -0.3 is 24.3 Å². The summed E-state index contributed by atoms with van der Waals surface area (Å²) in [6.07, 6.45) is 7.86. The highest BCUT2D eigenvalue weighted by molar-refractivity contribution is 5.92. The predicted molar refractivity (Wildman–Crippen MR) is 144 cm³/mol. The third-order valence-corrected chi connectivity index (χ3v) is 7.19. The lowest BCUT2D eigenvalue weighted by atomic mass is 9.96. The number of ether oxygens (including phenoxy) is 2. The topological polar surface area (TPSA) is 84.8 Å². The molecule has 1 fully saturated rings. The van der Waals surface area contributed by atoms with Gasteiger partial charge in [0.05, 0.1) is 25.3 Å². The Balaban J connectivity index is 1.40. The number of esters is 1. The average molecular weight is 503 g/mol. The predicted octanol–water partition coefficient (Wildman–Crippen LogP) is 3.52. The molecule has 0 bridgehead atoms. The normalized spacial score (nSPS) is 18.9. The zero-order chi connectivity index (χ0) is 25.9. The van der Waals surface area contributed by atoms with Gasteiger partial charge in [-0.25, -0.2) is 14.8 Å². The number of methoxy groups -OCH3 is 2. The lowest BCUT2D eigenvalue weighted by Gasteiger charge is -2.38. The van der Waals surface area contributed by atoms with Crippen molar-refractivity contribution >= 4 is 28.5 Å². The molecule has 1 unspecified atom stereocenters.